The third-order valence-corrected chi connectivity index (χ3v) is 7.55. The molecule has 0 saturated heterocycles. The van der Waals surface area contributed by atoms with Gasteiger partial charge >= 0.3 is 0 Å². The molecule has 0 bridgehead atoms. The molecule has 8 nitrogen and oxygen atoms in total. The zero-order valence-electron chi connectivity index (χ0n) is 23.2. The summed E-state index contributed by atoms with van der Waals surface area (Å²) in [5.41, 5.74) is 20.5. The van der Waals surface area contributed by atoms with E-state index in [-0.39, 0.29) is 5.96 Å². The molecule has 1 atom stereocenters. The lowest BCUT2D eigenvalue weighted by Gasteiger charge is -2.37. The van der Waals surface area contributed by atoms with Gasteiger partial charge in [-0.2, -0.15) is 0 Å². The first-order valence-corrected chi connectivity index (χ1v) is 13.5. The Kier molecular flexibility index (Phi) is 7.57. The van der Waals surface area contributed by atoms with Crippen LogP contribution >= 0.6 is 0 Å². The number of ether oxygens (including phenoxy) is 2. The Morgan fingerprint density at radius 3 is 2.37 bits per heavy atom. The fourth-order valence-corrected chi connectivity index (χ4v) is 5.22. The molecule has 1 heterocycles. The highest BCUT2D eigenvalue weighted by molar-refractivity contribution is 6.23. The summed E-state index contributed by atoms with van der Waals surface area (Å²) in [6, 6.07) is 22.2. The normalized spacial score (nSPS) is 16.5. The van der Waals surface area contributed by atoms with Crippen molar-refractivity contribution in [2.75, 3.05) is 6.61 Å². The molecule has 8 heteroatoms. The van der Waals surface area contributed by atoms with Crippen LogP contribution in [0.15, 0.2) is 77.8 Å². The number of hydrogen-bond acceptors (Lipinski definition) is 5. The molecule has 0 aromatic heterocycles. The Balaban J connectivity index is 1.25. The SMILES string of the molecule is Cc1c2c(c3ccccc3c1O)OC(C)(CCOc1ccc(C(=Cc3ccc(N=C(N)N)cc3)C(N)=O)cc1)CC2. The molecule has 4 aromatic rings. The van der Waals surface area contributed by atoms with Gasteiger partial charge < -0.3 is 31.8 Å². The van der Waals surface area contributed by atoms with Gasteiger partial charge in [-0.05, 0) is 73.7 Å². The molecule has 1 unspecified atom stereocenters. The first-order chi connectivity index (χ1) is 19.6. The Labute approximate surface area is 239 Å². The van der Waals surface area contributed by atoms with E-state index in [0.29, 0.717) is 41.4 Å². The number of phenolic OH excluding ortho intramolecular Hbond substituents is 1. The number of guanidine groups is 1. The summed E-state index contributed by atoms with van der Waals surface area (Å²) in [5, 5.41) is 12.4. The maximum Gasteiger partial charge on any atom is 0.249 e. The van der Waals surface area contributed by atoms with Crippen molar-refractivity contribution in [1.82, 2.24) is 0 Å². The number of nitrogens with two attached hydrogens (primary N) is 3. The lowest BCUT2D eigenvalue weighted by molar-refractivity contribution is -0.112. The van der Waals surface area contributed by atoms with Crippen molar-refractivity contribution < 1.29 is 19.4 Å². The molecular formula is C33H34N4O4. The van der Waals surface area contributed by atoms with Crippen molar-refractivity contribution in [2.45, 2.75) is 38.7 Å². The van der Waals surface area contributed by atoms with Crippen molar-refractivity contribution in [3.05, 3.63) is 95.1 Å². The number of aliphatic imine (C=N–C) groups is 1. The third kappa shape index (κ3) is 5.96. The molecule has 0 radical (unpaired) electrons. The minimum absolute atomic E-state index is 0.0241. The van der Waals surface area contributed by atoms with Crippen LogP contribution in [0.1, 0.15) is 42.0 Å². The van der Waals surface area contributed by atoms with Gasteiger partial charge in [0.25, 0.3) is 0 Å². The standard InChI is InChI=1S/C33H34N4O4/c1-20-25-15-16-33(2,41-30(25)27-6-4-3-5-26(27)29(20)38)17-18-40-24-13-9-22(10-14-24)28(31(34)39)19-21-7-11-23(12-8-21)37-32(35)36/h3-14,19,38H,15-18H2,1-2H3,(H2,34,39)(H4,35,36,37). The summed E-state index contributed by atoms with van der Waals surface area (Å²) in [5.74, 6) is 1.30. The van der Waals surface area contributed by atoms with Gasteiger partial charge in [0, 0.05) is 28.3 Å². The molecule has 7 N–H and O–H groups in total. The van der Waals surface area contributed by atoms with Crippen LogP contribution < -0.4 is 26.7 Å². The van der Waals surface area contributed by atoms with Crippen LogP contribution in [0.4, 0.5) is 5.69 Å². The van der Waals surface area contributed by atoms with Crippen molar-refractivity contribution in [1.29, 1.82) is 0 Å². The second-order valence-electron chi connectivity index (χ2n) is 10.6. The van der Waals surface area contributed by atoms with Crippen LogP contribution in [0.25, 0.3) is 22.4 Å². The fraction of sp³-hybridized carbons (Fsp3) is 0.212. The van der Waals surface area contributed by atoms with Crippen LogP contribution in [0.5, 0.6) is 17.2 Å². The predicted octanol–water partition coefficient (Wildman–Crippen LogP) is 5.34. The Morgan fingerprint density at radius 1 is 1.02 bits per heavy atom. The molecule has 1 aliphatic heterocycles. The zero-order chi connectivity index (χ0) is 29.1. The van der Waals surface area contributed by atoms with E-state index in [1.165, 1.54) is 0 Å². The Bertz CT molecular complexity index is 1660. The van der Waals surface area contributed by atoms with E-state index >= 15 is 0 Å². The second kappa shape index (κ2) is 11.3. The fourth-order valence-electron chi connectivity index (χ4n) is 5.22. The summed E-state index contributed by atoms with van der Waals surface area (Å²) in [4.78, 5) is 16.2. The molecule has 41 heavy (non-hydrogen) atoms. The van der Waals surface area contributed by atoms with Gasteiger partial charge in [0.1, 0.15) is 22.8 Å². The molecule has 0 saturated carbocycles. The van der Waals surface area contributed by atoms with Gasteiger partial charge in [0.15, 0.2) is 5.96 Å². The van der Waals surface area contributed by atoms with Crippen LogP contribution in [0.2, 0.25) is 0 Å². The average molecular weight is 551 g/mol. The van der Waals surface area contributed by atoms with E-state index in [1.54, 1.807) is 30.3 Å². The summed E-state index contributed by atoms with van der Waals surface area (Å²) >= 11 is 0. The van der Waals surface area contributed by atoms with Crippen LogP contribution in [-0.4, -0.2) is 29.2 Å². The monoisotopic (exact) mass is 550 g/mol. The molecule has 4 aromatic carbocycles. The number of amides is 1. The molecule has 1 aliphatic rings. The van der Waals surface area contributed by atoms with Crippen molar-refractivity contribution in [3.63, 3.8) is 0 Å². The second-order valence-corrected chi connectivity index (χ2v) is 10.6. The smallest absolute Gasteiger partial charge is 0.249 e. The first-order valence-electron chi connectivity index (χ1n) is 13.5. The first kappa shape index (κ1) is 27.6. The number of carbonyl (C=O) groups excluding carboxylic acids is 1. The van der Waals surface area contributed by atoms with Gasteiger partial charge in [0.05, 0.1) is 12.3 Å². The highest BCUT2D eigenvalue weighted by Crippen LogP contribution is 2.45. The van der Waals surface area contributed by atoms with Gasteiger partial charge in [-0.25, -0.2) is 4.99 Å². The topological polar surface area (TPSA) is 146 Å². The predicted molar refractivity (Wildman–Crippen MR) is 163 cm³/mol. The van der Waals surface area contributed by atoms with E-state index in [0.717, 1.165) is 46.1 Å². The van der Waals surface area contributed by atoms with Crippen molar-refractivity contribution in [3.8, 4) is 17.2 Å². The Morgan fingerprint density at radius 2 is 1.71 bits per heavy atom. The number of benzene rings is 4. The van der Waals surface area contributed by atoms with E-state index in [9.17, 15) is 9.90 Å². The molecule has 5 rings (SSSR count). The van der Waals surface area contributed by atoms with Crippen LogP contribution in [0, 0.1) is 6.92 Å². The maximum absolute atomic E-state index is 12.2. The lowest BCUT2D eigenvalue weighted by Crippen LogP contribution is -2.38. The molecule has 0 aliphatic carbocycles. The highest BCUT2D eigenvalue weighted by atomic mass is 16.5. The number of aromatic hydroxyl groups is 1. The number of hydrogen-bond donors (Lipinski definition) is 4. The summed E-state index contributed by atoms with van der Waals surface area (Å²) in [6.45, 7) is 4.51. The minimum Gasteiger partial charge on any atom is -0.507 e. The lowest BCUT2D eigenvalue weighted by atomic mass is 9.86. The van der Waals surface area contributed by atoms with E-state index in [4.69, 9.17) is 26.7 Å². The molecule has 1 amide bonds. The number of nitrogens with zero attached hydrogens (tertiary/aromatic N) is 1. The van der Waals surface area contributed by atoms with Gasteiger partial charge in [-0.1, -0.05) is 48.5 Å². The van der Waals surface area contributed by atoms with Crippen LogP contribution in [-0.2, 0) is 11.2 Å². The Hall–Kier alpha value is -4.98. The largest absolute Gasteiger partial charge is 0.507 e. The summed E-state index contributed by atoms with van der Waals surface area (Å²) in [6.07, 6.45) is 4.05. The van der Waals surface area contributed by atoms with Gasteiger partial charge in [-0.15, -0.1) is 0 Å². The number of carbonyl (C=O) groups is 1. The quantitative estimate of drug-likeness (QED) is 0.101. The van der Waals surface area contributed by atoms with Crippen molar-refractivity contribution in [2.24, 2.45) is 22.2 Å². The number of fused-ring (bicyclic) bond motifs is 3. The molecular weight excluding hydrogens is 516 g/mol. The van der Waals surface area contributed by atoms with Gasteiger partial charge in [-0.3, -0.25) is 4.79 Å². The molecule has 210 valence electrons. The minimum atomic E-state index is -0.536. The average Bonchev–Trinajstić information content (AvgIpc) is 2.95. The third-order valence-electron chi connectivity index (χ3n) is 7.55. The summed E-state index contributed by atoms with van der Waals surface area (Å²) < 4.78 is 12.7. The van der Waals surface area contributed by atoms with Gasteiger partial charge in [0.2, 0.25) is 5.91 Å². The van der Waals surface area contributed by atoms with E-state index in [1.807, 2.05) is 55.5 Å². The number of rotatable bonds is 8. The van der Waals surface area contributed by atoms with Crippen molar-refractivity contribution >= 4 is 40.0 Å². The van der Waals surface area contributed by atoms with E-state index < -0.39 is 11.5 Å². The van der Waals surface area contributed by atoms with E-state index in [2.05, 4.69) is 11.9 Å². The number of primary amides is 1. The molecule has 0 fully saturated rings. The maximum atomic E-state index is 12.2. The highest BCUT2D eigenvalue weighted by Gasteiger charge is 2.34. The van der Waals surface area contributed by atoms with Crippen LogP contribution in [0.3, 0.4) is 0 Å². The zero-order valence-corrected chi connectivity index (χ0v) is 23.2. The number of phenols is 1. The summed E-state index contributed by atoms with van der Waals surface area (Å²) in [7, 11) is 0. The molecule has 0 spiro atoms.